The number of nitrogens with zero attached hydrogens (tertiary/aromatic N) is 2. The fourth-order valence-electron chi connectivity index (χ4n) is 2.44. The lowest BCUT2D eigenvalue weighted by atomic mass is 9.98. The molecule has 23 heavy (non-hydrogen) atoms. The topological polar surface area (TPSA) is 62.7 Å². The third-order valence-electron chi connectivity index (χ3n) is 3.64. The molecule has 0 aliphatic heterocycles. The molecule has 0 fully saturated rings. The van der Waals surface area contributed by atoms with Gasteiger partial charge in [-0.1, -0.05) is 53.6 Å². The predicted octanol–water partition coefficient (Wildman–Crippen LogP) is 4.83. The van der Waals surface area contributed by atoms with Gasteiger partial charge in [0.2, 0.25) is 0 Å². The molecule has 0 aliphatic rings. The Morgan fingerprint density at radius 3 is 2.43 bits per heavy atom. The van der Waals surface area contributed by atoms with Gasteiger partial charge in [0.1, 0.15) is 17.5 Å². The van der Waals surface area contributed by atoms with E-state index < -0.39 is 0 Å². The van der Waals surface area contributed by atoms with E-state index in [2.05, 4.69) is 11.1 Å². The Labute approximate surface area is 140 Å². The molecule has 3 aromatic rings. The first-order valence-corrected chi connectivity index (χ1v) is 7.50. The summed E-state index contributed by atoms with van der Waals surface area (Å²) in [4.78, 5) is 4.37. The average molecular weight is 320 g/mol. The van der Waals surface area contributed by atoms with Crippen LogP contribution in [0.4, 0.5) is 5.82 Å². The molecule has 3 nitrogen and oxygen atoms in total. The maximum absolute atomic E-state index is 9.42. The number of benzene rings is 2. The van der Waals surface area contributed by atoms with Crippen LogP contribution in [-0.4, -0.2) is 4.98 Å². The normalized spacial score (nSPS) is 10.3. The fraction of sp³-hybridized carbons (Fsp3) is 0.0526. The van der Waals surface area contributed by atoms with Crippen molar-refractivity contribution in [3.8, 4) is 28.5 Å². The lowest BCUT2D eigenvalue weighted by Crippen LogP contribution is -1.99. The highest BCUT2D eigenvalue weighted by Gasteiger charge is 2.13. The summed E-state index contributed by atoms with van der Waals surface area (Å²) in [7, 11) is 0. The quantitative estimate of drug-likeness (QED) is 0.735. The largest absolute Gasteiger partial charge is 0.383 e. The molecule has 0 bridgehead atoms. The highest BCUT2D eigenvalue weighted by atomic mass is 35.5. The van der Waals surface area contributed by atoms with Gasteiger partial charge >= 0.3 is 0 Å². The lowest BCUT2D eigenvalue weighted by molar-refractivity contribution is 1.30. The minimum Gasteiger partial charge on any atom is -0.383 e. The van der Waals surface area contributed by atoms with Gasteiger partial charge in [-0.05, 0) is 30.7 Å². The molecule has 1 aromatic heterocycles. The molecule has 0 aliphatic carbocycles. The van der Waals surface area contributed by atoms with E-state index in [1.165, 1.54) is 5.56 Å². The Bertz CT molecular complexity index is 909. The first-order chi connectivity index (χ1) is 11.1. The Morgan fingerprint density at radius 2 is 1.78 bits per heavy atom. The van der Waals surface area contributed by atoms with E-state index in [0.717, 1.165) is 22.4 Å². The van der Waals surface area contributed by atoms with Gasteiger partial charge in [0.05, 0.1) is 5.69 Å². The summed E-state index contributed by atoms with van der Waals surface area (Å²) in [6.07, 6.45) is 0. The van der Waals surface area contributed by atoms with Crippen molar-refractivity contribution in [3.63, 3.8) is 0 Å². The van der Waals surface area contributed by atoms with Gasteiger partial charge in [0.25, 0.3) is 0 Å². The summed E-state index contributed by atoms with van der Waals surface area (Å²) in [5.41, 5.74) is 10.8. The van der Waals surface area contributed by atoms with Crippen molar-refractivity contribution in [1.29, 1.82) is 5.26 Å². The second kappa shape index (κ2) is 6.12. The number of nitrogen functional groups attached to an aromatic ring is 1. The lowest BCUT2D eigenvalue weighted by Gasteiger charge is -2.10. The zero-order valence-corrected chi connectivity index (χ0v) is 13.3. The van der Waals surface area contributed by atoms with E-state index >= 15 is 0 Å². The molecule has 2 aromatic carbocycles. The minimum absolute atomic E-state index is 0.223. The van der Waals surface area contributed by atoms with Crippen LogP contribution in [0.5, 0.6) is 0 Å². The van der Waals surface area contributed by atoms with E-state index in [1.807, 2.05) is 55.5 Å². The second-order valence-electron chi connectivity index (χ2n) is 5.30. The summed E-state index contributed by atoms with van der Waals surface area (Å²) in [6, 6.07) is 19.4. The number of aromatic nitrogens is 1. The van der Waals surface area contributed by atoms with Crippen LogP contribution in [0.1, 0.15) is 11.1 Å². The monoisotopic (exact) mass is 319 g/mol. The molecule has 0 spiro atoms. The number of pyridine rings is 1. The number of hydrogen-bond acceptors (Lipinski definition) is 3. The van der Waals surface area contributed by atoms with Crippen molar-refractivity contribution in [3.05, 3.63) is 70.7 Å². The summed E-state index contributed by atoms with van der Waals surface area (Å²) >= 11 is 6.07. The number of anilines is 1. The molecule has 0 unspecified atom stereocenters. The molecule has 4 heteroatoms. The van der Waals surface area contributed by atoms with Crippen molar-refractivity contribution in [1.82, 2.24) is 4.98 Å². The maximum Gasteiger partial charge on any atom is 0.142 e. The Kier molecular flexibility index (Phi) is 4.01. The molecule has 112 valence electrons. The van der Waals surface area contributed by atoms with E-state index in [0.29, 0.717) is 10.6 Å². The van der Waals surface area contributed by atoms with Gasteiger partial charge in [0.15, 0.2) is 0 Å². The zero-order valence-electron chi connectivity index (χ0n) is 12.5. The van der Waals surface area contributed by atoms with Crippen LogP contribution >= 0.6 is 11.6 Å². The maximum atomic E-state index is 9.42. The number of nitriles is 1. The SMILES string of the molecule is Cc1ccc(-c2cc(-c3cccc(Cl)c3)c(C#N)c(N)n2)cc1. The summed E-state index contributed by atoms with van der Waals surface area (Å²) in [5, 5.41) is 10.0. The molecule has 0 saturated carbocycles. The molecular weight excluding hydrogens is 306 g/mol. The van der Waals surface area contributed by atoms with Crippen LogP contribution < -0.4 is 5.73 Å². The Hall–Kier alpha value is -2.83. The van der Waals surface area contributed by atoms with E-state index in [1.54, 1.807) is 6.07 Å². The first kappa shape index (κ1) is 15.1. The van der Waals surface area contributed by atoms with Crippen LogP contribution in [0.2, 0.25) is 5.02 Å². The van der Waals surface area contributed by atoms with Gasteiger partial charge in [-0.2, -0.15) is 5.26 Å². The first-order valence-electron chi connectivity index (χ1n) is 7.12. The minimum atomic E-state index is 0.223. The third-order valence-corrected chi connectivity index (χ3v) is 3.88. The van der Waals surface area contributed by atoms with E-state index in [9.17, 15) is 5.26 Å². The number of rotatable bonds is 2. The van der Waals surface area contributed by atoms with Gasteiger partial charge in [0, 0.05) is 16.1 Å². The van der Waals surface area contributed by atoms with Crippen molar-refractivity contribution >= 4 is 17.4 Å². The fourth-order valence-corrected chi connectivity index (χ4v) is 2.63. The smallest absolute Gasteiger partial charge is 0.142 e. The van der Waals surface area contributed by atoms with Crippen LogP contribution in [-0.2, 0) is 0 Å². The van der Waals surface area contributed by atoms with Crippen molar-refractivity contribution in [2.75, 3.05) is 5.73 Å². The van der Waals surface area contributed by atoms with E-state index in [4.69, 9.17) is 17.3 Å². The van der Waals surface area contributed by atoms with Gasteiger partial charge in [-0.25, -0.2) is 4.98 Å². The van der Waals surface area contributed by atoms with Crippen LogP contribution in [0.3, 0.4) is 0 Å². The molecule has 1 heterocycles. The van der Waals surface area contributed by atoms with Crippen LogP contribution in [0.15, 0.2) is 54.6 Å². The number of halogens is 1. The third kappa shape index (κ3) is 3.03. The van der Waals surface area contributed by atoms with Crippen molar-refractivity contribution in [2.24, 2.45) is 0 Å². The van der Waals surface area contributed by atoms with Gasteiger partial charge in [-0.3, -0.25) is 0 Å². The zero-order chi connectivity index (χ0) is 16.4. The molecule has 0 radical (unpaired) electrons. The predicted molar refractivity (Wildman–Crippen MR) is 94.0 cm³/mol. The highest BCUT2D eigenvalue weighted by Crippen LogP contribution is 2.32. The summed E-state index contributed by atoms with van der Waals surface area (Å²) < 4.78 is 0. The van der Waals surface area contributed by atoms with Crippen LogP contribution in [0, 0.1) is 18.3 Å². The van der Waals surface area contributed by atoms with Crippen LogP contribution in [0.25, 0.3) is 22.4 Å². The second-order valence-corrected chi connectivity index (χ2v) is 5.74. The molecule has 3 rings (SSSR count). The van der Waals surface area contributed by atoms with Crippen molar-refractivity contribution in [2.45, 2.75) is 6.92 Å². The average Bonchev–Trinajstić information content (AvgIpc) is 2.55. The molecule has 0 atom stereocenters. The molecule has 0 amide bonds. The highest BCUT2D eigenvalue weighted by molar-refractivity contribution is 6.30. The molecule has 0 saturated heterocycles. The van der Waals surface area contributed by atoms with Gasteiger partial charge < -0.3 is 5.73 Å². The Morgan fingerprint density at radius 1 is 1.04 bits per heavy atom. The number of nitrogens with two attached hydrogens (primary N) is 1. The van der Waals surface area contributed by atoms with Crippen molar-refractivity contribution < 1.29 is 0 Å². The number of hydrogen-bond donors (Lipinski definition) is 1. The molecule has 2 N–H and O–H groups in total. The summed E-state index contributed by atoms with van der Waals surface area (Å²) in [5.74, 6) is 0.223. The van der Waals surface area contributed by atoms with Gasteiger partial charge in [-0.15, -0.1) is 0 Å². The number of aryl methyl sites for hydroxylation is 1. The standard InChI is InChI=1S/C19H14ClN3/c1-12-5-7-13(8-6-12)18-10-16(17(11-21)19(22)23-18)14-3-2-4-15(20)9-14/h2-10H,1H3,(H2,22,23). The van der Waals surface area contributed by atoms with E-state index in [-0.39, 0.29) is 5.82 Å². The molecular formula is C19H14ClN3. The Balaban J connectivity index is 2.22. The summed E-state index contributed by atoms with van der Waals surface area (Å²) in [6.45, 7) is 2.03.